The van der Waals surface area contributed by atoms with E-state index in [-0.39, 0.29) is 23.4 Å². The van der Waals surface area contributed by atoms with Crippen LogP contribution < -0.4 is 14.4 Å². The van der Waals surface area contributed by atoms with Crippen LogP contribution in [-0.2, 0) is 35.6 Å². The number of nitrogens with zero attached hydrogens (tertiary/aromatic N) is 3. The lowest BCUT2D eigenvalue weighted by atomic mass is 9.91. The second-order valence-electron chi connectivity index (χ2n) is 9.33. The fraction of sp³-hybridized carbons (Fsp3) is 0.346. The van der Waals surface area contributed by atoms with E-state index in [9.17, 15) is 13.2 Å². The van der Waals surface area contributed by atoms with Crippen molar-refractivity contribution in [1.29, 1.82) is 0 Å². The van der Waals surface area contributed by atoms with Crippen LogP contribution in [0.1, 0.15) is 19.4 Å². The number of β-lactam (4-membered cyclic amide) rings is 1. The van der Waals surface area contributed by atoms with Gasteiger partial charge >= 0.3 is 0 Å². The summed E-state index contributed by atoms with van der Waals surface area (Å²) in [4.78, 5) is 22.7. The van der Waals surface area contributed by atoms with E-state index in [2.05, 4.69) is 14.7 Å². The van der Waals surface area contributed by atoms with Crippen molar-refractivity contribution in [1.82, 2.24) is 9.97 Å². The van der Waals surface area contributed by atoms with Crippen molar-refractivity contribution in [2.75, 3.05) is 23.3 Å². The van der Waals surface area contributed by atoms with Gasteiger partial charge in [-0.05, 0) is 43.7 Å². The average Bonchev–Trinajstić information content (AvgIpc) is 3.27. The zero-order valence-electron chi connectivity index (χ0n) is 21.1. The minimum atomic E-state index is -3.96. The lowest BCUT2D eigenvalue weighted by Crippen LogP contribution is -2.70. The number of carbonyl (C=O) groups is 1. The Hall–Kier alpha value is -3.58. The Morgan fingerprint density at radius 2 is 1.76 bits per heavy atom. The van der Waals surface area contributed by atoms with E-state index in [1.54, 1.807) is 17.0 Å². The highest BCUT2D eigenvalue weighted by Gasteiger charge is 2.56. The van der Waals surface area contributed by atoms with Gasteiger partial charge in [0, 0.05) is 5.69 Å². The van der Waals surface area contributed by atoms with E-state index in [0.717, 1.165) is 5.56 Å². The number of carbonyl (C=O) groups excluding carboxylic acids is 1. The van der Waals surface area contributed by atoms with E-state index < -0.39 is 34.1 Å². The van der Waals surface area contributed by atoms with Crippen molar-refractivity contribution in [2.24, 2.45) is 0 Å². The van der Waals surface area contributed by atoms with Gasteiger partial charge in [0.1, 0.15) is 12.1 Å². The molecule has 1 N–H and O–H groups in total. The van der Waals surface area contributed by atoms with Crippen LogP contribution in [0.15, 0.2) is 71.9 Å². The number of anilines is 2. The maximum absolute atomic E-state index is 13.2. The first-order valence-electron chi connectivity index (χ1n) is 12.0. The summed E-state index contributed by atoms with van der Waals surface area (Å²) in [6, 6.07) is 15.1. The maximum Gasteiger partial charge on any atom is 0.264 e. The quantitative estimate of drug-likeness (QED) is 0.407. The fourth-order valence-corrected chi connectivity index (χ4v) is 5.36. The predicted molar refractivity (Wildman–Crippen MR) is 137 cm³/mol. The Morgan fingerprint density at radius 3 is 2.37 bits per heavy atom. The molecule has 5 rings (SSSR count). The number of amides is 1. The molecule has 2 fully saturated rings. The van der Waals surface area contributed by atoms with Gasteiger partial charge in [0.15, 0.2) is 17.6 Å². The van der Waals surface area contributed by atoms with Crippen LogP contribution in [-0.4, -0.2) is 62.0 Å². The second kappa shape index (κ2) is 10.3. The SMILES string of the molecule is COc1cnc(NS(=O)(=O)c2ccc(N3C(=O)C(OCc4ccccc4)C3[C@H]3COC(C)(C)O3)cc2)nc1. The standard InChI is InChI=1S/C26H28N4O7S/c1-26(2)36-16-21(37-26)22-23(35-15-17-7-5-4-6-8-17)24(31)30(22)18-9-11-20(12-10-18)38(32,33)29-25-27-13-19(34-3)14-28-25/h4-14,21-23H,15-16H2,1-3H3,(H,27,28,29)/t21-,22?,23?/m1/s1. The molecule has 3 heterocycles. The molecule has 0 radical (unpaired) electrons. The van der Waals surface area contributed by atoms with Gasteiger partial charge in [-0.2, -0.15) is 0 Å². The van der Waals surface area contributed by atoms with Crippen LogP contribution >= 0.6 is 0 Å². The van der Waals surface area contributed by atoms with Gasteiger partial charge in [0.25, 0.3) is 15.9 Å². The van der Waals surface area contributed by atoms with Gasteiger partial charge in [-0.3, -0.25) is 4.79 Å². The predicted octanol–water partition coefficient (Wildman–Crippen LogP) is 2.74. The van der Waals surface area contributed by atoms with Crippen molar-refractivity contribution >= 4 is 27.6 Å². The van der Waals surface area contributed by atoms with Gasteiger partial charge in [0.2, 0.25) is 5.95 Å². The number of rotatable bonds is 9. The van der Waals surface area contributed by atoms with Crippen LogP contribution in [0.2, 0.25) is 0 Å². The first kappa shape index (κ1) is 26.0. The summed E-state index contributed by atoms with van der Waals surface area (Å²) in [5.74, 6) is -0.712. The van der Waals surface area contributed by atoms with E-state index >= 15 is 0 Å². The summed E-state index contributed by atoms with van der Waals surface area (Å²) in [5, 5.41) is 0. The molecule has 0 bridgehead atoms. The highest BCUT2D eigenvalue weighted by molar-refractivity contribution is 7.92. The molecule has 2 aliphatic heterocycles. The van der Waals surface area contributed by atoms with Crippen LogP contribution in [0.3, 0.4) is 0 Å². The van der Waals surface area contributed by atoms with Gasteiger partial charge in [-0.25, -0.2) is 23.1 Å². The van der Waals surface area contributed by atoms with Crippen LogP contribution in [0.4, 0.5) is 11.6 Å². The zero-order valence-corrected chi connectivity index (χ0v) is 21.9. The van der Waals surface area contributed by atoms with Crippen molar-refractivity contribution in [3.63, 3.8) is 0 Å². The molecule has 0 saturated carbocycles. The smallest absolute Gasteiger partial charge is 0.264 e. The fourth-order valence-electron chi connectivity index (χ4n) is 4.40. The van der Waals surface area contributed by atoms with E-state index in [1.807, 2.05) is 44.2 Å². The molecule has 2 aromatic carbocycles. The molecule has 2 aliphatic rings. The summed E-state index contributed by atoms with van der Waals surface area (Å²) in [7, 11) is -2.50. The number of hydrogen-bond donors (Lipinski definition) is 1. The molecule has 0 aliphatic carbocycles. The first-order valence-corrected chi connectivity index (χ1v) is 13.4. The van der Waals surface area contributed by atoms with Crippen LogP contribution in [0, 0.1) is 0 Å². The van der Waals surface area contributed by atoms with Crippen molar-refractivity contribution in [3.05, 3.63) is 72.6 Å². The monoisotopic (exact) mass is 540 g/mol. The van der Waals surface area contributed by atoms with Gasteiger partial charge in [-0.1, -0.05) is 30.3 Å². The van der Waals surface area contributed by atoms with Gasteiger partial charge in [0.05, 0.1) is 37.6 Å². The third-order valence-electron chi connectivity index (χ3n) is 6.29. The van der Waals surface area contributed by atoms with Gasteiger partial charge < -0.3 is 23.8 Å². The van der Waals surface area contributed by atoms with Crippen molar-refractivity contribution < 1.29 is 32.2 Å². The lowest BCUT2D eigenvalue weighted by Gasteiger charge is -2.48. The summed E-state index contributed by atoms with van der Waals surface area (Å²) in [6.45, 7) is 4.20. The number of methoxy groups -OCH3 is 1. The Bertz CT molecular complexity index is 1380. The number of nitrogens with one attached hydrogen (secondary N) is 1. The highest BCUT2D eigenvalue weighted by Crippen LogP contribution is 2.38. The molecule has 2 unspecified atom stereocenters. The molecule has 1 amide bonds. The molecular weight excluding hydrogens is 512 g/mol. The molecule has 2 saturated heterocycles. The second-order valence-corrected chi connectivity index (χ2v) is 11.0. The molecule has 11 nitrogen and oxygen atoms in total. The molecule has 0 spiro atoms. The average molecular weight is 541 g/mol. The molecular formula is C26H28N4O7S. The third-order valence-corrected chi connectivity index (χ3v) is 7.63. The van der Waals surface area contributed by atoms with Crippen molar-refractivity contribution in [2.45, 2.75) is 49.4 Å². The molecule has 12 heteroatoms. The normalized spacial score (nSPS) is 22.7. The number of ether oxygens (including phenoxy) is 4. The summed E-state index contributed by atoms with van der Waals surface area (Å²) >= 11 is 0. The number of hydrogen-bond acceptors (Lipinski definition) is 9. The van der Waals surface area contributed by atoms with Crippen LogP contribution in [0.5, 0.6) is 5.75 Å². The largest absolute Gasteiger partial charge is 0.494 e. The highest BCUT2D eigenvalue weighted by atomic mass is 32.2. The topological polar surface area (TPSA) is 129 Å². The Morgan fingerprint density at radius 1 is 1.08 bits per heavy atom. The van der Waals surface area contributed by atoms with E-state index in [1.165, 1.54) is 31.6 Å². The Balaban J connectivity index is 1.33. The Kier molecular flexibility index (Phi) is 7.05. The minimum absolute atomic E-state index is 0.0105. The first-order chi connectivity index (χ1) is 18.2. The molecule has 1 aromatic heterocycles. The molecule has 200 valence electrons. The summed E-state index contributed by atoms with van der Waals surface area (Å²) in [5.41, 5.74) is 1.47. The van der Waals surface area contributed by atoms with E-state index in [4.69, 9.17) is 18.9 Å². The molecule has 3 atom stereocenters. The molecule has 38 heavy (non-hydrogen) atoms. The minimum Gasteiger partial charge on any atom is -0.494 e. The van der Waals surface area contributed by atoms with E-state index in [0.29, 0.717) is 18.0 Å². The third kappa shape index (κ3) is 5.34. The van der Waals surface area contributed by atoms with Crippen molar-refractivity contribution in [3.8, 4) is 5.75 Å². The number of sulfonamides is 1. The van der Waals surface area contributed by atoms with Crippen LogP contribution in [0.25, 0.3) is 0 Å². The van der Waals surface area contributed by atoms with Gasteiger partial charge in [-0.15, -0.1) is 0 Å². The zero-order chi connectivity index (χ0) is 26.9. The maximum atomic E-state index is 13.2. The lowest BCUT2D eigenvalue weighted by molar-refractivity contribution is -0.164. The molecule has 3 aromatic rings. The number of aromatic nitrogens is 2. The summed E-state index contributed by atoms with van der Waals surface area (Å²) in [6.07, 6.45) is 1.57. The number of benzene rings is 2. The Labute approximate surface area is 220 Å². The summed E-state index contributed by atoms with van der Waals surface area (Å²) < 4.78 is 50.9.